The Morgan fingerprint density at radius 1 is 1.25 bits per heavy atom. The highest BCUT2D eigenvalue weighted by Gasteiger charge is 2.22. The first-order valence-electron chi connectivity index (χ1n) is 4.87. The lowest BCUT2D eigenvalue weighted by Crippen LogP contribution is -2.14. The van der Waals surface area contributed by atoms with E-state index in [2.05, 4.69) is 10.2 Å². The Kier molecular flexibility index (Phi) is 3.74. The summed E-state index contributed by atoms with van der Waals surface area (Å²) in [5.74, 6) is 0. The minimum atomic E-state index is -1.09. The number of hydrogen-bond donors (Lipinski definition) is 0. The topological polar surface area (TPSA) is 72.3 Å². The van der Waals surface area contributed by atoms with Crippen molar-refractivity contribution in [2.45, 2.75) is 13.8 Å². The maximum absolute atomic E-state index is 8.76. The number of rotatable bonds is 3. The third kappa shape index (κ3) is 2.90. The molecule has 0 saturated carbocycles. The average Bonchev–Trinajstić information content (AvgIpc) is 2.31. The predicted molar refractivity (Wildman–Crippen MR) is 59.9 cm³/mol. The van der Waals surface area contributed by atoms with Crippen molar-refractivity contribution < 1.29 is 0 Å². The van der Waals surface area contributed by atoms with E-state index in [0.717, 1.165) is 11.3 Å². The Balaban J connectivity index is 2.75. The van der Waals surface area contributed by atoms with Crippen molar-refractivity contribution >= 4 is 5.69 Å². The summed E-state index contributed by atoms with van der Waals surface area (Å²) >= 11 is 0. The van der Waals surface area contributed by atoms with Crippen molar-refractivity contribution in [2.75, 3.05) is 6.54 Å². The van der Waals surface area contributed by atoms with E-state index in [1.54, 1.807) is 6.92 Å². The molecule has 1 aromatic carbocycles. The van der Waals surface area contributed by atoms with E-state index in [1.807, 2.05) is 43.3 Å². The van der Waals surface area contributed by atoms with Gasteiger partial charge in [0.05, 0.1) is 24.4 Å². The summed E-state index contributed by atoms with van der Waals surface area (Å²) in [5.41, 5.74) is 0.689. The van der Waals surface area contributed by atoms with E-state index in [9.17, 15) is 0 Å². The highest BCUT2D eigenvalue weighted by molar-refractivity contribution is 5.43. The molecular formula is C12H12N4. The lowest BCUT2D eigenvalue weighted by Gasteiger charge is -2.06. The van der Waals surface area contributed by atoms with Crippen LogP contribution in [0.2, 0.25) is 0 Å². The van der Waals surface area contributed by atoms with Gasteiger partial charge in [0.25, 0.3) is 0 Å². The van der Waals surface area contributed by atoms with Gasteiger partial charge in [0, 0.05) is 0 Å². The molecule has 80 valence electrons. The summed E-state index contributed by atoms with van der Waals surface area (Å²) in [6, 6.07) is 11.4. The summed E-state index contributed by atoms with van der Waals surface area (Å²) in [7, 11) is 0. The van der Waals surface area contributed by atoms with Crippen molar-refractivity contribution in [1.29, 1.82) is 10.5 Å². The fraction of sp³-hybridized carbons (Fsp3) is 0.333. The lowest BCUT2D eigenvalue weighted by atomic mass is 9.96. The standard InChI is InChI=1S/C12H12N4/c1-10-5-3-4-6-11(10)16-15-9-12(2,7-13)8-14/h3-6H,9H2,1-2H3. The number of benzene rings is 1. The molecule has 0 aliphatic carbocycles. The van der Waals surface area contributed by atoms with Crippen LogP contribution >= 0.6 is 0 Å². The number of hydrogen-bond acceptors (Lipinski definition) is 4. The van der Waals surface area contributed by atoms with Gasteiger partial charge in [-0.05, 0) is 25.5 Å². The Labute approximate surface area is 94.9 Å². The van der Waals surface area contributed by atoms with Crippen LogP contribution in [0.3, 0.4) is 0 Å². The van der Waals surface area contributed by atoms with Gasteiger partial charge in [-0.15, -0.1) is 0 Å². The molecule has 4 heteroatoms. The smallest absolute Gasteiger partial charge is 0.162 e. The number of nitrogens with zero attached hydrogens (tertiary/aromatic N) is 4. The normalized spacial score (nSPS) is 11.0. The molecule has 0 saturated heterocycles. The highest BCUT2D eigenvalue weighted by atomic mass is 15.1. The molecule has 0 amide bonds. The summed E-state index contributed by atoms with van der Waals surface area (Å²) in [4.78, 5) is 0. The SMILES string of the molecule is Cc1ccccc1N=NCC(C)(C#N)C#N. The predicted octanol–water partition coefficient (Wildman–Crippen LogP) is 3.13. The Bertz CT molecular complexity index is 463. The minimum Gasteiger partial charge on any atom is -0.196 e. The van der Waals surface area contributed by atoms with Gasteiger partial charge in [-0.3, -0.25) is 0 Å². The van der Waals surface area contributed by atoms with Crippen LogP contribution < -0.4 is 0 Å². The van der Waals surface area contributed by atoms with E-state index in [0.29, 0.717) is 0 Å². The van der Waals surface area contributed by atoms with Gasteiger partial charge in [0.2, 0.25) is 0 Å². The number of azo groups is 1. The van der Waals surface area contributed by atoms with E-state index in [4.69, 9.17) is 10.5 Å². The molecule has 0 unspecified atom stereocenters. The highest BCUT2D eigenvalue weighted by Crippen LogP contribution is 2.19. The van der Waals surface area contributed by atoms with Gasteiger partial charge in [-0.2, -0.15) is 20.8 Å². The first kappa shape index (κ1) is 11.9. The minimum absolute atomic E-state index is 0.0916. The Hall–Kier alpha value is -2.20. The first-order chi connectivity index (χ1) is 7.61. The van der Waals surface area contributed by atoms with Crippen LogP contribution in [0.15, 0.2) is 34.5 Å². The second-order valence-electron chi connectivity index (χ2n) is 3.74. The molecule has 1 aromatic rings. The molecule has 0 atom stereocenters. The van der Waals surface area contributed by atoms with Crippen LogP contribution in [0.5, 0.6) is 0 Å². The molecule has 0 bridgehead atoms. The van der Waals surface area contributed by atoms with Crippen LogP contribution in [-0.4, -0.2) is 6.54 Å². The maximum atomic E-state index is 8.76. The second kappa shape index (κ2) is 5.04. The van der Waals surface area contributed by atoms with Crippen LogP contribution in [0, 0.1) is 35.0 Å². The largest absolute Gasteiger partial charge is 0.196 e. The summed E-state index contributed by atoms with van der Waals surface area (Å²) in [6.45, 7) is 3.57. The van der Waals surface area contributed by atoms with Crippen molar-refractivity contribution in [1.82, 2.24) is 0 Å². The zero-order valence-electron chi connectivity index (χ0n) is 9.31. The fourth-order valence-electron chi connectivity index (χ4n) is 1.02. The fourth-order valence-corrected chi connectivity index (χ4v) is 1.02. The van der Waals surface area contributed by atoms with Gasteiger partial charge >= 0.3 is 0 Å². The van der Waals surface area contributed by atoms with E-state index >= 15 is 0 Å². The summed E-state index contributed by atoms with van der Waals surface area (Å²) in [6.07, 6.45) is 0. The van der Waals surface area contributed by atoms with Crippen LogP contribution in [0.4, 0.5) is 5.69 Å². The monoisotopic (exact) mass is 212 g/mol. The third-order valence-electron chi connectivity index (χ3n) is 2.17. The van der Waals surface area contributed by atoms with Crippen molar-refractivity contribution in [3.63, 3.8) is 0 Å². The molecule has 0 N–H and O–H groups in total. The Morgan fingerprint density at radius 2 is 1.88 bits per heavy atom. The van der Waals surface area contributed by atoms with E-state index < -0.39 is 5.41 Å². The molecule has 0 fully saturated rings. The zero-order valence-corrected chi connectivity index (χ0v) is 9.31. The van der Waals surface area contributed by atoms with Gasteiger partial charge in [0.15, 0.2) is 5.41 Å². The van der Waals surface area contributed by atoms with Gasteiger partial charge in [-0.25, -0.2) is 0 Å². The molecule has 0 aromatic heterocycles. The van der Waals surface area contributed by atoms with Gasteiger partial charge < -0.3 is 0 Å². The van der Waals surface area contributed by atoms with Crippen molar-refractivity contribution in [3.05, 3.63) is 29.8 Å². The molecule has 1 rings (SSSR count). The van der Waals surface area contributed by atoms with Gasteiger partial charge in [-0.1, -0.05) is 18.2 Å². The van der Waals surface area contributed by atoms with Crippen LogP contribution in [-0.2, 0) is 0 Å². The molecule has 16 heavy (non-hydrogen) atoms. The van der Waals surface area contributed by atoms with Crippen LogP contribution in [0.25, 0.3) is 0 Å². The average molecular weight is 212 g/mol. The molecule has 0 aliphatic heterocycles. The van der Waals surface area contributed by atoms with Crippen molar-refractivity contribution in [3.8, 4) is 12.1 Å². The van der Waals surface area contributed by atoms with E-state index in [1.165, 1.54) is 0 Å². The van der Waals surface area contributed by atoms with Crippen LogP contribution in [0.1, 0.15) is 12.5 Å². The molecule has 0 heterocycles. The second-order valence-corrected chi connectivity index (χ2v) is 3.74. The maximum Gasteiger partial charge on any atom is 0.162 e. The molecule has 0 spiro atoms. The third-order valence-corrected chi connectivity index (χ3v) is 2.17. The Morgan fingerprint density at radius 3 is 2.44 bits per heavy atom. The van der Waals surface area contributed by atoms with Crippen molar-refractivity contribution in [2.24, 2.45) is 15.6 Å². The van der Waals surface area contributed by atoms with Gasteiger partial charge in [0.1, 0.15) is 0 Å². The zero-order chi connectivity index (χ0) is 12.0. The molecule has 0 aliphatic rings. The summed E-state index contributed by atoms with van der Waals surface area (Å²) < 4.78 is 0. The molecule has 0 radical (unpaired) electrons. The quantitative estimate of drug-likeness (QED) is 0.722. The number of aryl methyl sites for hydroxylation is 1. The molecule has 4 nitrogen and oxygen atoms in total. The summed E-state index contributed by atoms with van der Waals surface area (Å²) in [5, 5.41) is 25.4. The van der Waals surface area contributed by atoms with E-state index in [-0.39, 0.29) is 6.54 Å². The first-order valence-corrected chi connectivity index (χ1v) is 4.87. The lowest BCUT2D eigenvalue weighted by molar-refractivity contribution is 0.585. The molecular weight excluding hydrogens is 200 g/mol. The number of nitriles is 2.